The van der Waals surface area contributed by atoms with Crippen LogP contribution in [-0.4, -0.2) is 6.54 Å². The average Bonchev–Trinajstić information content (AvgIpc) is 2.52. The van der Waals surface area contributed by atoms with E-state index in [9.17, 15) is 0 Å². The Kier molecular flexibility index (Phi) is 6.57. The fraction of sp³-hybridized carbons (Fsp3) is 0.684. The summed E-state index contributed by atoms with van der Waals surface area (Å²) in [5, 5.41) is 4.71. The van der Waals surface area contributed by atoms with E-state index in [1.54, 1.807) is 0 Å². The van der Waals surface area contributed by atoms with E-state index in [1.807, 2.05) is 6.07 Å². The zero-order valence-corrected chi connectivity index (χ0v) is 14.5. The molecule has 2 rings (SSSR count). The molecule has 3 unspecified atom stereocenters. The minimum Gasteiger partial charge on any atom is -0.310 e. The Hall–Kier alpha value is -0.530. The predicted octanol–water partition coefficient (Wildman–Crippen LogP) is 5.91. The van der Waals surface area contributed by atoms with Crippen LogP contribution < -0.4 is 5.32 Å². The number of halogens is 1. The van der Waals surface area contributed by atoms with Gasteiger partial charge in [0.2, 0.25) is 0 Å². The second-order valence-corrected chi connectivity index (χ2v) is 6.99. The van der Waals surface area contributed by atoms with Gasteiger partial charge in [0.05, 0.1) is 0 Å². The minimum absolute atomic E-state index is 0.470. The van der Waals surface area contributed by atoms with Crippen LogP contribution >= 0.6 is 11.6 Å². The molecule has 21 heavy (non-hydrogen) atoms. The molecular formula is C19H30ClN. The third-order valence-electron chi connectivity index (χ3n) is 5.13. The Morgan fingerprint density at radius 3 is 2.81 bits per heavy atom. The highest BCUT2D eigenvalue weighted by Crippen LogP contribution is 2.40. The molecule has 0 aliphatic heterocycles. The van der Waals surface area contributed by atoms with Crippen LogP contribution in [0.5, 0.6) is 0 Å². The molecular weight excluding hydrogens is 278 g/mol. The molecule has 1 fully saturated rings. The number of benzene rings is 1. The van der Waals surface area contributed by atoms with E-state index in [-0.39, 0.29) is 0 Å². The molecule has 1 N–H and O–H groups in total. The molecule has 0 spiro atoms. The normalized spacial score (nSPS) is 24.0. The Morgan fingerprint density at radius 1 is 1.29 bits per heavy atom. The Labute approximate surface area is 135 Å². The molecule has 0 radical (unpaired) electrons. The van der Waals surface area contributed by atoms with Crippen molar-refractivity contribution in [2.45, 2.75) is 65.3 Å². The lowest BCUT2D eigenvalue weighted by Crippen LogP contribution is -2.32. The van der Waals surface area contributed by atoms with Crippen molar-refractivity contribution in [2.24, 2.45) is 11.8 Å². The first-order valence-corrected chi connectivity index (χ1v) is 9.03. The van der Waals surface area contributed by atoms with Crippen molar-refractivity contribution in [1.82, 2.24) is 5.32 Å². The summed E-state index contributed by atoms with van der Waals surface area (Å²) < 4.78 is 0. The summed E-state index contributed by atoms with van der Waals surface area (Å²) >= 11 is 6.36. The zero-order chi connectivity index (χ0) is 15.2. The first kappa shape index (κ1) is 16.8. The largest absolute Gasteiger partial charge is 0.310 e. The van der Waals surface area contributed by atoms with E-state index in [1.165, 1.54) is 49.7 Å². The standard InChI is InChI=1S/C19H30ClN/c1-4-12-21-19(16-9-6-8-15(5-2)13-16)17-10-7-11-18(20)14(17)3/h7,10-11,15-16,19,21H,4-6,8-9,12-13H2,1-3H3. The van der Waals surface area contributed by atoms with Gasteiger partial charge in [0.1, 0.15) is 0 Å². The Balaban J connectivity index is 2.23. The van der Waals surface area contributed by atoms with Crippen molar-refractivity contribution in [3.05, 3.63) is 34.3 Å². The average molecular weight is 308 g/mol. The van der Waals surface area contributed by atoms with Gasteiger partial charge in [-0.25, -0.2) is 0 Å². The van der Waals surface area contributed by atoms with E-state index in [2.05, 4.69) is 38.2 Å². The lowest BCUT2D eigenvalue weighted by atomic mass is 9.74. The second-order valence-electron chi connectivity index (χ2n) is 6.59. The number of nitrogens with one attached hydrogen (secondary N) is 1. The quantitative estimate of drug-likeness (QED) is 0.689. The van der Waals surface area contributed by atoms with Crippen molar-refractivity contribution in [3.63, 3.8) is 0 Å². The fourth-order valence-corrected chi connectivity index (χ4v) is 3.98. The van der Waals surface area contributed by atoms with E-state index in [0.29, 0.717) is 6.04 Å². The highest BCUT2D eigenvalue weighted by molar-refractivity contribution is 6.31. The molecule has 0 heterocycles. The third-order valence-corrected chi connectivity index (χ3v) is 5.54. The molecule has 0 amide bonds. The second kappa shape index (κ2) is 8.19. The summed E-state index contributed by atoms with van der Waals surface area (Å²) in [6.07, 6.45) is 8.02. The lowest BCUT2D eigenvalue weighted by Gasteiger charge is -2.36. The van der Waals surface area contributed by atoms with Gasteiger partial charge in [0.15, 0.2) is 0 Å². The van der Waals surface area contributed by atoms with Crippen LogP contribution in [0.2, 0.25) is 5.02 Å². The maximum atomic E-state index is 6.36. The summed E-state index contributed by atoms with van der Waals surface area (Å²) in [5.41, 5.74) is 2.67. The predicted molar refractivity (Wildman–Crippen MR) is 93.0 cm³/mol. The van der Waals surface area contributed by atoms with Gasteiger partial charge < -0.3 is 5.32 Å². The fourth-order valence-electron chi connectivity index (χ4n) is 3.80. The van der Waals surface area contributed by atoms with Crippen LogP contribution in [0, 0.1) is 18.8 Å². The van der Waals surface area contributed by atoms with Crippen LogP contribution in [0.15, 0.2) is 18.2 Å². The Bertz CT molecular complexity index is 443. The monoisotopic (exact) mass is 307 g/mol. The minimum atomic E-state index is 0.470. The van der Waals surface area contributed by atoms with Gasteiger partial charge in [0.25, 0.3) is 0 Å². The van der Waals surface area contributed by atoms with Crippen LogP contribution in [-0.2, 0) is 0 Å². The van der Waals surface area contributed by atoms with Crippen molar-refractivity contribution in [2.75, 3.05) is 6.54 Å². The summed E-state index contributed by atoms with van der Waals surface area (Å²) in [6.45, 7) is 7.83. The van der Waals surface area contributed by atoms with Crippen molar-refractivity contribution in [3.8, 4) is 0 Å². The molecule has 0 aromatic heterocycles. The third kappa shape index (κ3) is 4.23. The smallest absolute Gasteiger partial charge is 0.0438 e. The summed E-state index contributed by atoms with van der Waals surface area (Å²) in [7, 11) is 0. The molecule has 3 atom stereocenters. The van der Waals surface area contributed by atoms with Crippen LogP contribution in [0.25, 0.3) is 0 Å². The first-order valence-electron chi connectivity index (χ1n) is 8.65. The van der Waals surface area contributed by atoms with E-state index in [0.717, 1.165) is 23.4 Å². The van der Waals surface area contributed by atoms with E-state index < -0.39 is 0 Å². The first-order chi connectivity index (χ1) is 10.2. The van der Waals surface area contributed by atoms with Crippen LogP contribution in [0.1, 0.15) is 69.5 Å². The van der Waals surface area contributed by atoms with Crippen molar-refractivity contribution >= 4 is 11.6 Å². The molecule has 1 aliphatic rings. The van der Waals surface area contributed by atoms with E-state index in [4.69, 9.17) is 11.6 Å². The molecule has 0 bridgehead atoms. The van der Waals surface area contributed by atoms with Gasteiger partial charge >= 0.3 is 0 Å². The summed E-state index contributed by atoms with van der Waals surface area (Å²) in [4.78, 5) is 0. The van der Waals surface area contributed by atoms with Gasteiger partial charge in [-0.05, 0) is 61.8 Å². The molecule has 1 aliphatic carbocycles. The lowest BCUT2D eigenvalue weighted by molar-refractivity contribution is 0.209. The number of hydrogen-bond donors (Lipinski definition) is 1. The van der Waals surface area contributed by atoms with Crippen LogP contribution in [0.3, 0.4) is 0 Å². The molecule has 1 aromatic carbocycles. The molecule has 0 saturated heterocycles. The molecule has 118 valence electrons. The zero-order valence-electron chi connectivity index (χ0n) is 13.8. The molecule has 1 saturated carbocycles. The highest BCUT2D eigenvalue weighted by Gasteiger charge is 2.29. The number of hydrogen-bond acceptors (Lipinski definition) is 1. The number of rotatable bonds is 6. The van der Waals surface area contributed by atoms with Crippen molar-refractivity contribution < 1.29 is 0 Å². The van der Waals surface area contributed by atoms with Gasteiger partial charge in [-0.3, -0.25) is 0 Å². The molecule has 2 heteroatoms. The summed E-state index contributed by atoms with van der Waals surface area (Å²) in [5.74, 6) is 1.67. The topological polar surface area (TPSA) is 12.0 Å². The van der Waals surface area contributed by atoms with Gasteiger partial charge in [-0.2, -0.15) is 0 Å². The Morgan fingerprint density at radius 2 is 2.10 bits per heavy atom. The van der Waals surface area contributed by atoms with Crippen LogP contribution in [0.4, 0.5) is 0 Å². The summed E-state index contributed by atoms with van der Waals surface area (Å²) in [6, 6.07) is 6.85. The van der Waals surface area contributed by atoms with E-state index >= 15 is 0 Å². The van der Waals surface area contributed by atoms with Gasteiger partial charge in [-0.15, -0.1) is 0 Å². The van der Waals surface area contributed by atoms with Crippen molar-refractivity contribution in [1.29, 1.82) is 0 Å². The maximum absolute atomic E-state index is 6.36. The van der Waals surface area contributed by atoms with Gasteiger partial charge in [-0.1, -0.05) is 56.8 Å². The highest BCUT2D eigenvalue weighted by atomic mass is 35.5. The molecule has 1 aromatic rings. The molecule has 1 nitrogen and oxygen atoms in total. The van der Waals surface area contributed by atoms with Gasteiger partial charge in [0, 0.05) is 11.1 Å². The SMILES string of the molecule is CCCNC(c1cccc(Cl)c1C)C1CCCC(CC)C1. The maximum Gasteiger partial charge on any atom is 0.0438 e.